The molecule has 3 aromatic rings. The second-order valence-corrected chi connectivity index (χ2v) is 5.27. The quantitative estimate of drug-likeness (QED) is 0.616. The number of nitrogens with zero attached hydrogens (tertiary/aromatic N) is 2. The molecule has 1 aromatic heterocycles. The molecule has 0 bridgehead atoms. The van der Waals surface area contributed by atoms with Crippen molar-refractivity contribution in [3.63, 3.8) is 0 Å². The Morgan fingerprint density at radius 1 is 1.07 bits per heavy atom. The van der Waals surface area contributed by atoms with Gasteiger partial charge in [-0.25, -0.2) is 8.78 Å². The van der Waals surface area contributed by atoms with Gasteiger partial charge in [0, 0.05) is 17.3 Å². The van der Waals surface area contributed by atoms with Crippen molar-refractivity contribution in [2.75, 3.05) is 12.4 Å². The van der Waals surface area contributed by atoms with Crippen molar-refractivity contribution in [2.24, 2.45) is 0 Å². The largest absolute Gasteiger partial charge is 0.493 e. The lowest BCUT2D eigenvalue weighted by Gasteiger charge is -2.10. The smallest absolute Gasteiger partial charge is 0.387 e. The molecule has 0 unspecified atom stereocenters. The van der Waals surface area contributed by atoms with Crippen molar-refractivity contribution in [1.29, 1.82) is 0 Å². The van der Waals surface area contributed by atoms with Crippen LogP contribution in [0.15, 0.2) is 40.9 Å². The zero-order valence-electron chi connectivity index (χ0n) is 13.9. The summed E-state index contributed by atoms with van der Waals surface area (Å²) in [5.41, 5.74) is 0.655. The molecule has 142 valence electrons. The van der Waals surface area contributed by atoms with Crippen molar-refractivity contribution in [3.8, 4) is 22.9 Å². The van der Waals surface area contributed by atoms with Crippen LogP contribution in [0.3, 0.4) is 0 Å². The number of rotatable bonds is 7. The Morgan fingerprint density at radius 2 is 1.81 bits per heavy atom. The molecule has 0 aliphatic carbocycles. The van der Waals surface area contributed by atoms with Crippen LogP contribution in [0, 0.1) is 11.6 Å². The van der Waals surface area contributed by atoms with Crippen LogP contribution in [0.1, 0.15) is 5.89 Å². The van der Waals surface area contributed by atoms with Crippen LogP contribution in [-0.2, 0) is 6.54 Å². The number of methoxy groups -OCH3 is 1. The number of benzene rings is 2. The number of halogens is 4. The van der Waals surface area contributed by atoms with E-state index in [0.29, 0.717) is 5.56 Å². The highest BCUT2D eigenvalue weighted by Crippen LogP contribution is 2.32. The molecule has 0 spiro atoms. The fraction of sp³-hybridized carbons (Fsp3) is 0.176. The average Bonchev–Trinajstić information content (AvgIpc) is 3.08. The lowest BCUT2D eigenvalue weighted by molar-refractivity contribution is -0.0512. The van der Waals surface area contributed by atoms with E-state index in [9.17, 15) is 17.6 Å². The summed E-state index contributed by atoms with van der Waals surface area (Å²) in [6, 6.07) is 7.17. The maximum Gasteiger partial charge on any atom is 0.387 e. The first-order chi connectivity index (χ1) is 12.9. The molecule has 6 nitrogen and oxygen atoms in total. The number of hydrogen-bond acceptors (Lipinski definition) is 6. The summed E-state index contributed by atoms with van der Waals surface area (Å²) in [6.07, 6.45) is 0. The topological polar surface area (TPSA) is 69.4 Å². The third-order valence-electron chi connectivity index (χ3n) is 3.41. The minimum atomic E-state index is -2.99. The number of hydrogen-bond donors (Lipinski definition) is 1. The minimum Gasteiger partial charge on any atom is -0.493 e. The lowest BCUT2D eigenvalue weighted by Crippen LogP contribution is -2.03. The van der Waals surface area contributed by atoms with Crippen LogP contribution in [-0.4, -0.2) is 23.9 Å². The van der Waals surface area contributed by atoms with Crippen molar-refractivity contribution < 1.29 is 31.6 Å². The van der Waals surface area contributed by atoms with Gasteiger partial charge in [-0.1, -0.05) is 5.16 Å². The number of aromatic nitrogens is 2. The molecule has 0 saturated heterocycles. The predicted molar refractivity (Wildman–Crippen MR) is 86.6 cm³/mol. The molecule has 10 heteroatoms. The van der Waals surface area contributed by atoms with E-state index in [1.807, 2.05) is 0 Å². The van der Waals surface area contributed by atoms with E-state index in [4.69, 9.17) is 9.26 Å². The van der Waals surface area contributed by atoms with Crippen LogP contribution in [0.25, 0.3) is 11.4 Å². The number of anilines is 1. The van der Waals surface area contributed by atoms with Crippen LogP contribution in [0.5, 0.6) is 11.5 Å². The van der Waals surface area contributed by atoms with E-state index in [0.717, 1.165) is 18.2 Å². The first-order valence-corrected chi connectivity index (χ1v) is 7.60. The summed E-state index contributed by atoms with van der Waals surface area (Å²) in [5.74, 6) is -1.16. The zero-order valence-corrected chi connectivity index (χ0v) is 13.9. The highest BCUT2D eigenvalue weighted by atomic mass is 19.3. The molecule has 0 aliphatic heterocycles. The molecule has 0 saturated carbocycles. The molecule has 0 radical (unpaired) electrons. The van der Waals surface area contributed by atoms with Crippen molar-refractivity contribution >= 4 is 5.69 Å². The average molecular weight is 383 g/mol. The summed E-state index contributed by atoms with van der Waals surface area (Å²) < 4.78 is 65.5. The summed E-state index contributed by atoms with van der Waals surface area (Å²) in [4.78, 5) is 4.13. The number of nitrogens with one attached hydrogen (secondary N) is 1. The van der Waals surface area contributed by atoms with Crippen molar-refractivity contribution in [1.82, 2.24) is 10.1 Å². The van der Waals surface area contributed by atoms with E-state index >= 15 is 0 Å². The van der Waals surface area contributed by atoms with E-state index in [1.54, 1.807) is 0 Å². The SMILES string of the molecule is COc1cc(-c2noc(CNc3cc(F)cc(F)c3)n2)ccc1OC(F)F. The number of alkyl halides is 2. The Hall–Kier alpha value is -3.30. The summed E-state index contributed by atoms with van der Waals surface area (Å²) >= 11 is 0. The van der Waals surface area contributed by atoms with Crippen LogP contribution < -0.4 is 14.8 Å². The van der Waals surface area contributed by atoms with Gasteiger partial charge in [0.25, 0.3) is 0 Å². The van der Waals surface area contributed by atoms with Gasteiger partial charge in [-0.15, -0.1) is 0 Å². The monoisotopic (exact) mass is 383 g/mol. The van der Waals surface area contributed by atoms with E-state index in [2.05, 4.69) is 20.2 Å². The molecule has 27 heavy (non-hydrogen) atoms. The Labute approximate surface area is 150 Å². The molecular weight excluding hydrogens is 370 g/mol. The molecule has 1 heterocycles. The Balaban J connectivity index is 1.73. The standard InChI is InChI=1S/C17H13F4N3O3/c1-25-14-4-9(2-3-13(14)26-17(20)21)16-23-15(27-24-16)8-22-12-6-10(18)5-11(19)7-12/h2-7,17,22H,8H2,1H3. The van der Waals surface area contributed by atoms with Crippen molar-refractivity contribution in [3.05, 3.63) is 53.9 Å². The molecule has 1 N–H and O–H groups in total. The molecular formula is C17H13F4N3O3. The minimum absolute atomic E-state index is 0.0274. The summed E-state index contributed by atoms with van der Waals surface area (Å²) in [5, 5.41) is 6.54. The summed E-state index contributed by atoms with van der Waals surface area (Å²) in [7, 11) is 1.31. The molecule has 0 amide bonds. The first kappa shape index (κ1) is 18.5. The Kier molecular flexibility index (Phi) is 5.43. The highest BCUT2D eigenvalue weighted by Gasteiger charge is 2.15. The van der Waals surface area contributed by atoms with Crippen LogP contribution >= 0.6 is 0 Å². The fourth-order valence-electron chi connectivity index (χ4n) is 2.28. The van der Waals surface area contributed by atoms with Gasteiger partial charge in [0.05, 0.1) is 13.7 Å². The van der Waals surface area contributed by atoms with E-state index in [1.165, 1.54) is 25.3 Å². The van der Waals surface area contributed by atoms with Gasteiger partial charge < -0.3 is 19.3 Å². The maximum atomic E-state index is 13.2. The third-order valence-corrected chi connectivity index (χ3v) is 3.41. The van der Waals surface area contributed by atoms with Gasteiger partial charge in [0.1, 0.15) is 11.6 Å². The maximum absolute atomic E-state index is 13.2. The van der Waals surface area contributed by atoms with E-state index < -0.39 is 18.2 Å². The molecule has 0 fully saturated rings. The van der Waals surface area contributed by atoms with Gasteiger partial charge in [-0.05, 0) is 30.3 Å². The normalized spacial score (nSPS) is 10.9. The lowest BCUT2D eigenvalue weighted by atomic mass is 10.2. The third kappa shape index (κ3) is 4.66. The predicted octanol–water partition coefficient (Wildman–Crippen LogP) is 4.24. The van der Waals surface area contributed by atoms with Gasteiger partial charge in [-0.2, -0.15) is 13.8 Å². The van der Waals surface area contributed by atoms with E-state index in [-0.39, 0.29) is 35.4 Å². The van der Waals surface area contributed by atoms with Crippen molar-refractivity contribution in [2.45, 2.75) is 13.2 Å². The fourth-order valence-corrected chi connectivity index (χ4v) is 2.28. The van der Waals surface area contributed by atoms with Crippen LogP contribution in [0.2, 0.25) is 0 Å². The Morgan fingerprint density at radius 3 is 2.48 bits per heavy atom. The molecule has 2 aromatic carbocycles. The Bertz CT molecular complexity index is 913. The molecule has 0 aliphatic rings. The summed E-state index contributed by atoms with van der Waals surface area (Å²) in [6.45, 7) is -2.96. The number of ether oxygens (including phenoxy) is 2. The van der Waals surface area contributed by atoms with Gasteiger partial charge in [-0.3, -0.25) is 0 Å². The zero-order chi connectivity index (χ0) is 19.4. The first-order valence-electron chi connectivity index (χ1n) is 7.60. The van der Waals surface area contributed by atoms with Gasteiger partial charge in [0.15, 0.2) is 11.5 Å². The second-order valence-electron chi connectivity index (χ2n) is 5.27. The van der Waals surface area contributed by atoms with Gasteiger partial charge in [0.2, 0.25) is 11.7 Å². The van der Waals surface area contributed by atoms with Gasteiger partial charge >= 0.3 is 6.61 Å². The molecule has 3 rings (SSSR count). The second kappa shape index (κ2) is 7.94. The highest BCUT2D eigenvalue weighted by molar-refractivity contribution is 5.60. The van der Waals surface area contributed by atoms with Crippen LogP contribution in [0.4, 0.5) is 23.2 Å². The molecule has 0 atom stereocenters.